The zero-order valence-corrected chi connectivity index (χ0v) is 17.3. The molecule has 2 aromatic carbocycles. The SMILES string of the molecule is COc1ccc(C(=O)NC(C)c2ccccc2C)cc1S(=O)(=O)N1CCCC1. The van der Waals surface area contributed by atoms with Crippen molar-refractivity contribution in [3.8, 4) is 5.75 Å². The van der Waals surface area contributed by atoms with Gasteiger partial charge in [-0.15, -0.1) is 0 Å². The van der Waals surface area contributed by atoms with Gasteiger partial charge in [-0.25, -0.2) is 8.42 Å². The average Bonchev–Trinajstić information content (AvgIpc) is 3.23. The molecule has 0 aromatic heterocycles. The molecule has 1 amide bonds. The summed E-state index contributed by atoms with van der Waals surface area (Å²) in [6.07, 6.45) is 1.69. The lowest BCUT2D eigenvalue weighted by molar-refractivity contribution is 0.0939. The first-order valence-corrected chi connectivity index (χ1v) is 10.8. The maximum atomic E-state index is 13.0. The van der Waals surface area contributed by atoms with Gasteiger partial charge in [0, 0.05) is 18.7 Å². The third kappa shape index (κ3) is 4.05. The van der Waals surface area contributed by atoms with Crippen LogP contribution in [0.5, 0.6) is 5.75 Å². The van der Waals surface area contributed by atoms with Crippen LogP contribution in [0.25, 0.3) is 0 Å². The number of sulfonamides is 1. The van der Waals surface area contributed by atoms with Crippen LogP contribution in [0, 0.1) is 6.92 Å². The van der Waals surface area contributed by atoms with Crippen LogP contribution < -0.4 is 10.1 Å². The fraction of sp³-hybridized carbons (Fsp3) is 0.381. The number of rotatable bonds is 6. The molecule has 0 aliphatic carbocycles. The van der Waals surface area contributed by atoms with Crippen LogP contribution in [0.15, 0.2) is 47.4 Å². The van der Waals surface area contributed by atoms with E-state index in [9.17, 15) is 13.2 Å². The lowest BCUT2D eigenvalue weighted by Crippen LogP contribution is -2.30. The molecule has 2 aromatic rings. The highest BCUT2D eigenvalue weighted by molar-refractivity contribution is 7.89. The molecule has 28 heavy (non-hydrogen) atoms. The maximum absolute atomic E-state index is 13.0. The number of carbonyl (C=O) groups excluding carboxylic acids is 1. The second-order valence-corrected chi connectivity index (χ2v) is 8.93. The summed E-state index contributed by atoms with van der Waals surface area (Å²) in [7, 11) is -2.27. The van der Waals surface area contributed by atoms with Crippen molar-refractivity contribution in [1.82, 2.24) is 9.62 Å². The van der Waals surface area contributed by atoms with Gasteiger partial charge in [0.25, 0.3) is 5.91 Å². The molecular formula is C21H26N2O4S. The van der Waals surface area contributed by atoms with Crippen LogP contribution in [0.4, 0.5) is 0 Å². The van der Waals surface area contributed by atoms with E-state index in [1.165, 1.54) is 23.5 Å². The van der Waals surface area contributed by atoms with Crippen LogP contribution in [0.3, 0.4) is 0 Å². The molecule has 1 atom stereocenters. The van der Waals surface area contributed by atoms with E-state index in [1.807, 2.05) is 38.1 Å². The molecule has 1 fully saturated rings. The molecule has 7 heteroatoms. The van der Waals surface area contributed by atoms with Crippen molar-refractivity contribution in [2.45, 2.75) is 37.6 Å². The van der Waals surface area contributed by atoms with E-state index in [4.69, 9.17) is 4.74 Å². The number of hydrogen-bond donors (Lipinski definition) is 1. The molecule has 1 aliphatic heterocycles. The lowest BCUT2D eigenvalue weighted by Gasteiger charge is -2.19. The summed E-state index contributed by atoms with van der Waals surface area (Å²) in [4.78, 5) is 12.8. The van der Waals surface area contributed by atoms with Gasteiger partial charge in [0.05, 0.1) is 13.2 Å². The highest BCUT2D eigenvalue weighted by Crippen LogP contribution is 2.30. The number of aryl methyl sites for hydroxylation is 1. The number of carbonyl (C=O) groups is 1. The number of nitrogens with zero attached hydrogens (tertiary/aromatic N) is 1. The van der Waals surface area contributed by atoms with Gasteiger partial charge in [0.1, 0.15) is 10.6 Å². The Labute approximate surface area is 166 Å². The summed E-state index contributed by atoms with van der Waals surface area (Å²) in [5, 5.41) is 2.95. The van der Waals surface area contributed by atoms with Crippen molar-refractivity contribution < 1.29 is 17.9 Å². The number of amides is 1. The molecule has 0 radical (unpaired) electrons. The van der Waals surface area contributed by atoms with Crippen molar-refractivity contribution in [2.75, 3.05) is 20.2 Å². The Bertz CT molecular complexity index is 966. The molecule has 3 rings (SSSR count). The lowest BCUT2D eigenvalue weighted by atomic mass is 10.0. The number of methoxy groups -OCH3 is 1. The molecule has 150 valence electrons. The van der Waals surface area contributed by atoms with E-state index in [1.54, 1.807) is 6.07 Å². The van der Waals surface area contributed by atoms with Gasteiger partial charge >= 0.3 is 0 Å². The highest BCUT2D eigenvalue weighted by atomic mass is 32.2. The number of hydrogen-bond acceptors (Lipinski definition) is 4. The van der Waals surface area contributed by atoms with Gasteiger partial charge in [-0.2, -0.15) is 4.31 Å². The summed E-state index contributed by atoms with van der Waals surface area (Å²) < 4.78 is 32.7. The van der Waals surface area contributed by atoms with Crippen molar-refractivity contribution in [3.63, 3.8) is 0 Å². The highest BCUT2D eigenvalue weighted by Gasteiger charge is 2.30. The fourth-order valence-corrected chi connectivity index (χ4v) is 5.22. The van der Waals surface area contributed by atoms with Gasteiger partial charge in [-0.05, 0) is 56.0 Å². The van der Waals surface area contributed by atoms with Gasteiger partial charge < -0.3 is 10.1 Å². The van der Waals surface area contributed by atoms with Gasteiger partial charge in [0.15, 0.2) is 0 Å². The Hall–Kier alpha value is -2.38. The van der Waals surface area contributed by atoms with Gasteiger partial charge in [-0.3, -0.25) is 4.79 Å². The van der Waals surface area contributed by atoms with Crippen LogP contribution in [-0.2, 0) is 10.0 Å². The molecule has 1 heterocycles. The Morgan fingerprint density at radius 1 is 1.14 bits per heavy atom. The van der Waals surface area contributed by atoms with E-state index in [0.717, 1.165) is 24.0 Å². The Kier molecular flexibility index (Phi) is 6.05. The first-order chi connectivity index (χ1) is 13.3. The monoisotopic (exact) mass is 402 g/mol. The molecular weight excluding hydrogens is 376 g/mol. The fourth-order valence-electron chi connectivity index (χ4n) is 3.52. The minimum absolute atomic E-state index is 0.0353. The van der Waals surface area contributed by atoms with E-state index in [-0.39, 0.29) is 22.6 Å². The van der Waals surface area contributed by atoms with E-state index in [0.29, 0.717) is 18.7 Å². The largest absolute Gasteiger partial charge is 0.495 e. The van der Waals surface area contributed by atoms with Crippen molar-refractivity contribution >= 4 is 15.9 Å². The van der Waals surface area contributed by atoms with Gasteiger partial charge in [-0.1, -0.05) is 24.3 Å². The second kappa shape index (κ2) is 8.32. The summed E-state index contributed by atoms with van der Waals surface area (Å²) in [5.41, 5.74) is 2.40. The van der Waals surface area contributed by atoms with Crippen LogP contribution in [-0.4, -0.2) is 38.8 Å². The topological polar surface area (TPSA) is 75.7 Å². The molecule has 0 bridgehead atoms. The first-order valence-electron chi connectivity index (χ1n) is 9.39. The minimum atomic E-state index is -3.70. The van der Waals surface area contributed by atoms with E-state index in [2.05, 4.69) is 5.32 Å². The van der Waals surface area contributed by atoms with Crippen molar-refractivity contribution in [3.05, 3.63) is 59.2 Å². The zero-order valence-electron chi connectivity index (χ0n) is 16.4. The summed E-state index contributed by atoms with van der Waals surface area (Å²) in [6, 6.07) is 12.2. The Morgan fingerprint density at radius 2 is 1.82 bits per heavy atom. The van der Waals surface area contributed by atoms with Gasteiger partial charge in [0.2, 0.25) is 10.0 Å². The minimum Gasteiger partial charge on any atom is -0.495 e. The molecule has 0 spiro atoms. The quantitative estimate of drug-likeness (QED) is 0.805. The molecule has 1 saturated heterocycles. The number of benzene rings is 2. The van der Waals surface area contributed by atoms with E-state index >= 15 is 0 Å². The van der Waals surface area contributed by atoms with Crippen LogP contribution in [0.2, 0.25) is 0 Å². The zero-order chi connectivity index (χ0) is 20.3. The maximum Gasteiger partial charge on any atom is 0.251 e. The number of nitrogens with one attached hydrogen (secondary N) is 1. The average molecular weight is 403 g/mol. The summed E-state index contributed by atoms with van der Waals surface area (Å²) in [5.74, 6) is -0.0771. The van der Waals surface area contributed by atoms with Crippen LogP contribution >= 0.6 is 0 Å². The normalized spacial score (nSPS) is 16.0. The first kappa shape index (κ1) is 20.4. The molecule has 6 nitrogen and oxygen atoms in total. The van der Waals surface area contributed by atoms with Crippen molar-refractivity contribution in [1.29, 1.82) is 0 Å². The smallest absolute Gasteiger partial charge is 0.251 e. The summed E-state index contributed by atoms with van der Waals surface area (Å²) in [6.45, 7) is 4.89. The third-order valence-corrected chi connectivity index (χ3v) is 7.03. The Morgan fingerprint density at radius 3 is 2.46 bits per heavy atom. The van der Waals surface area contributed by atoms with E-state index < -0.39 is 10.0 Å². The predicted molar refractivity (Wildman–Crippen MR) is 108 cm³/mol. The molecule has 1 N–H and O–H groups in total. The van der Waals surface area contributed by atoms with Crippen molar-refractivity contribution in [2.24, 2.45) is 0 Å². The molecule has 1 unspecified atom stereocenters. The Balaban J connectivity index is 1.88. The summed E-state index contributed by atoms with van der Waals surface area (Å²) >= 11 is 0. The standard InChI is InChI=1S/C21H26N2O4S/c1-15-8-4-5-9-18(15)16(2)22-21(24)17-10-11-19(27-3)20(14-17)28(25,26)23-12-6-7-13-23/h4-5,8-11,14,16H,6-7,12-13H2,1-3H3,(H,22,24). The molecule has 1 aliphatic rings. The van der Waals surface area contributed by atoms with Crippen LogP contribution in [0.1, 0.15) is 47.3 Å². The third-order valence-electron chi connectivity index (χ3n) is 5.11. The predicted octanol–water partition coefficient (Wildman–Crippen LogP) is 3.28. The molecule has 0 saturated carbocycles. The number of ether oxygens (including phenoxy) is 1. The second-order valence-electron chi connectivity index (χ2n) is 7.03.